The van der Waals surface area contributed by atoms with Crippen molar-refractivity contribution < 1.29 is 4.79 Å². The predicted molar refractivity (Wildman–Crippen MR) is 101 cm³/mol. The zero-order valence-corrected chi connectivity index (χ0v) is 15.6. The summed E-state index contributed by atoms with van der Waals surface area (Å²) in [5.74, 6) is 1.61. The van der Waals surface area contributed by atoms with E-state index in [2.05, 4.69) is 39.4 Å². The van der Waals surface area contributed by atoms with Gasteiger partial charge in [0.2, 0.25) is 5.13 Å². The van der Waals surface area contributed by atoms with Gasteiger partial charge in [-0.15, -0.1) is 10.2 Å². The molecule has 6 nitrogen and oxygen atoms in total. The SMILES string of the molecule is CCCC1CCC(N(C)c2ccc(C(=O)Nc3nncs3)cn2)CC1. The molecule has 0 atom stereocenters. The van der Waals surface area contributed by atoms with Gasteiger partial charge in [0.15, 0.2) is 0 Å². The fourth-order valence-electron chi connectivity index (χ4n) is 3.54. The average Bonchev–Trinajstić information content (AvgIpc) is 3.15. The molecule has 0 radical (unpaired) electrons. The monoisotopic (exact) mass is 359 g/mol. The maximum Gasteiger partial charge on any atom is 0.259 e. The first-order chi connectivity index (χ1) is 12.2. The molecule has 0 aliphatic heterocycles. The highest BCUT2D eigenvalue weighted by Crippen LogP contribution is 2.31. The van der Waals surface area contributed by atoms with Crippen molar-refractivity contribution >= 4 is 28.2 Å². The topological polar surface area (TPSA) is 71.0 Å². The second kappa shape index (κ2) is 8.38. The molecule has 1 saturated carbocycles. The highest BCUT2D eigenvalue weighted by Gasteiger charge is 2.24. The molecule has 0 unspecified atom stereocenters. The lowest BCUT2D eigenvalue weighted by Gasteiger charge is -2.35. The summed E-state index contributed by atoms with van der Waals surface area (Å²) in [6.07, 6.45) is 9.34. The smallest absolute Gasteiger partial charge is 0.259 e. The van der Waals surface area contributed by atoms with Gasteiger partial charge in [0.25, 0.3) is 5.91 Å². The molecule has 0 bridgehead atoms. The third kappa shape index (κ3) is 4.54. The number of carbonyl (C=O) groups excluding carboxylic acids is 1. The third-order valence-electron chi connectivity index (χ3n) is 5.01. The van der Waals surface area contributed by atoms with Gasteiger partial charge in [-0.25, -0.2) is 4.98 Å². The number of nitrogens with zero attached hydrogens (tertiary/aromatic N) is 4. The lowest BCUT2D eigenvalue weighted by molar-refractivity contribution is 0.102. The Bertz CT molecular complexity index is 665. The number of carbonyl (C=O) groups is 1. The standard InChI is InChI=1S/C18H25N5OS/c1-3-4-13-5-8-15(9-6-13)23(2)16-10-7-14(11-19-16)17(24)21-18-22-20-12-25-18/h7,10-13,15H,3-6,8-9H2,1-2H3,(H,21,22,24). The Kier molecular flexibility index (Phi) is 5.96. The van der Waals surface area contributed by atoms with Crippen LogP contribution in [0, 0.1) is 5.92 Å². The molecule has 1 fully saturated rings. The van der Waals surface area contributed by atoms with Gasteiger partial charge < -0.3 is 4.90 Å². The van der Waals surface area contributed by atoms with E-state index < -0.39 is 0 Å². The Morgan fingerprint density at radius 3 is 2.72 bits per heavy atom. The van der Waals surface area contributed by atoms with Gasteiger partial charge in [-0.2, -0.15) is 0 Å². The zero-order valence-electron chi connectivity index (χ0n) is 14.8. The van der Waals surface area contributed by atoms with Gasteiger partial charge >= 0.3 is 0 Å². The molecule has 1 aliphatic carbocycles. The summed E-state index contributed by atoms with van der Waals surface area (Å²) < 4.78 is 0. The van der Waals surface area contributed by atoms with E-state index in [0.29, 0.717) is 16.7 Å². The van der Waals surface area contributed by atoms with E-state index in [4.69, 9.17) is 0 Å². The predicted octanol–water partition coefficient (Wildman–Crippen LogP) is 3.98. The van der Waals surface area contributed by atoms with Crippen molar-refractivity contribution in [2.45, 2.75) is 51.5 Å². The van der Waals surface area contributed by atoms with Crippen molar-refractivity contribution in [3.63, 3.8) is 0 Å². The number of rotatable bonds is 6. The van der Waals surface area contributed by atoms with Gasteiger partial charge in [-0.3, -0.25) is 10.1 Å². The highest BCUT2D eigenvalue weighted by molar-refractivity contribution is 7.13. The quantitative estimate of drug-likeness (QED) is 0.845. The molecule has 2 heterocycles. The lowest BCUT2D eigenvalue weighted by atomic mass is 9.83. The molecule has 0 saturated heterocycles. The van der Waals surface area contributed by atoms with Gasteiger partial charge in [0, 0.05) is 19.3 Å². The molecule has 3 rings (SSSR count). The van der Waals surface area contributed by atoms with Crippen LogP contribution in [-0.2, 0) is 0 Å². The van der Waals surface area contributed by atoms with Crippen molar-refractivity contribution in [1.29, 1.82) is 0 Å². The van der Waals surface area contributed by atoms with E-state index in [1.165, 1.54) is 49.9 Å². The maximum atomic E-state index is 12.2. The first-order valence-electron chi connectivity index (χ1n) is 8.93. The maximum absolute atomic E-state index is 12.2. The molecular formula is C18H25N5OS. The lowest BCUT2D eigenvalue weighted by Crippen LogP contribution is -2.35. The minimum Gasteiger partial charge on any atom is -0.357 e. The van der Waals surface area contributed by atoms with Crippen LogP contribution in [-0.4, -0.2) is 34.2 Å². The van der Waals surface area contributed by atoms with Crippen LogP contribution in [0.25, 0.3) is 0 Å². The van der Waals surface area contributed by atoms with Crippen LogP contribution in [0.3, 0.4) is 0 Å². The summed E-state index contributed by atoms with van der Waals surface area (Å²) >= 11 is 1.29. The summed E-state index contributed by atoms with van der Waals surface area (Å²) in [5, 5.41) is 10.7. The molecule has 25 heavy (non-hydrogen) atoms. The minimum absolute atomic E-state index is 0.210. The summed E-state index contributed by atoms with van der Waals surface area (Å²) in [4.78, 5) is 18.9. The van der Waals surface area contributed by atoms with Crippen LogP contribution >= 0.6 is 11.3 Å². The average molecular weight is 359 g/mol. The third-order valence-corrected chi connectivity index (χ3v) is 5.62. The number of anilines is 2. The second-order valence-corrected chi connectivity index (χ2v) is 7.51. The molecule has 0 spiro atoms. The molecule has 1 amide bonds. The van der Waals surface area contributed by atoms with Crippen LogP contribution in [0.15, 0.2) is 23.8 Å². The van der Waals surface area contributed by atoms with E-state index in [-0.39, 0.29) is 5.91 Å². The summed E-state index contributed by atoms with van der Waals surface area (Å²) in [6.45, 7) is 2.27. The first kappa shape index (κ1) is 17.8. The normalized spacial score (nSPS) is 20.2. The Labute approximate surface area is 152 Å². The van der Waals surface area contributed by atoms with Crippen molar-refractivity contribution in [3.8, 4) is 0 Å². The van der Waals surface area contributed by atoms with E-state index in [9.17, 15) is 4.79 Å². The molecule has 134 valence electrons. The van der Waals surface area contributed by atoms with Crippen LogP contribution in [0.5, 0.6) is 0 Å². The van der Waals surface area contributed by atoms with Gasteiger partial charge in [-0.05, 0) is 43.7 Å². The number of nitrogens with one attached hydrogen (secondary N) is 1. The molecule has 2 aromatic heterocycles. The Morgan fingerprint density at radius 1 is 1.32 bits per heavy atom. The molecule has 2 aromatic rings. The van der Waals surface area contributed by atoms with Gasteiger partial charge in [0.05, 0.1) is 5.56 Å². The van der Waals surface area contributed by atoms with Gasteiger partial charge in [-0.1, -0.05) is 31.1 Å². The molecular weight excluding hydrogens is 334 g/mol. The molecule has 1 aliphatic rings. The molecule has 7 heteroatoms. The van der Waals surface area contributed by atoms with Crippen molar-refractivity contribution in [3.05, 3.63) is 29.4 Å². The Hall–Kier alpha value is -2.02. The Balaban J connectivity index is 1.57. The number of hydrogen-bond donors (Lipinski definition) is 1. The molecule has 0 aromatic carbocycles. The fourth-order valence-corrected chi connectivity index (χ4v) is 3.98. The van der Waals surface area contributed by atoms with E-state index in [1.807, 2.05) is 12.1 Å². The fraction of sp³-hybridized carbons (Fsp3) is 0.556. The summed E-state index contributed by atoms with van der Waals surface area (Å²) in [7, 11) is 2.11. The van der Waals surface area contributed by atoms with Gasteiger partial charge in [0.1, 0.15) is 11.3 Å². The number of pyridine rings is 1. The molecule has 1 N–H and O–H groups in total. The van der Waals surface area contributed by atoms with Crippen LogP contribution in [0.4, 0.5) is 10.9 Å². The zero-order chi connectivity index (χ0) is 17.6. The van der Waals surface area contributed by atoms with Crippen LogP contribution in [0.1, 0.15) is 55.8 Å². The number of aromatic nitrogens is 3. The highest BCUT2D eigenvalue weighted by atomic mass is 32.1. The van der Waals surface area contributed by atoms with E-state index >= 15 is 0 Å². The number of hydrogen-bond acceptors (Lipinski definition) is 6. The Morgan fingerprint density at radius 2 is 2.12 bits per heavy atom. The number of amides is 1. The van der Waals surface area contributed by atoms with Crippen molar-refractivity contribution in [2.75, 3.05) is 17.3 Å². The van der Waals surface area contributed by atoms with Crippen molar-refractivity contribution in [2.24, 2.45) is 5.92 Å². The van der Waals surface area contributed by atoms with Crippen LogP contribution in [0.2, 0.25) is 0 Å². The minimum atomic E-state index is -0.210. The first-order valence-corrected chi connectivity index (χ1v) is 9.81. The van der Waals surface area contributed by atoms with Crippen molar-refractivity contribution in [1.82, 2.24) is 15.2 Å². The van der Waals surface area contributed by atoms with E-state index in [1.54, 1.807) is 11.7 Å². The summed E-state index contributed by atoms with van der Waals surface area (Å²) in [5.41, 5.74) is 2.11. The van der Waals surface area contributed by atoms with Crippen LogP contribution < -0.4 is 10.2 Å². The summed E-state index contributed by atoms with van der Waals surface area (Å²) in [6, 6.07) is 4.28. The largest absolute Gasteiger partial charge is 0.357 e. The van der Waals surface area contributed by atoms with E-state index in [0.717, 1.165) is 11.7 Å². The second-order valence-electron chi connectivity index (χ2n) is 6.68.